The van der Waals surface area contributed by atoms with Crippen LogP contribution in [0, 0.1) is 12.8 Å². The highest BCUT2D eigenvalue weighted by atomic mass is 35.5. The first-order valence-electron chi connectivity index (χ1n) is 9.85. The summed E-state index contributed by atoms with van der Waals surface area (Å²) in [6, 6.07) is 12.8. The molecule has 0 spiro atoms. The zero-order chi connectivity index (χ0) is 21.3. The number of likely N-dealkylation sites (tertiary alicyclic amines) is 1. The molecule has 0 radical (unpaired) electrons. The number of benzene rings is 2. The lowest BCUT2D eigenvalue weighted by molar-refractivity contribution is -0.136. The van der Waals surface area contributed by atoms with Gasteiger partial charge in [0.15, 0.2) is 5.25 Å². The maximum absolute atomic E-state index is 13.1. The van der Waals surface area contributed by atoms with Crippen LogP contribution in [0.1, 0.15) is 18.4 Å². The lowest BCUT2D eigenvalue weighted by Crippen LogP contribution is -2.50. The van der Waals surface area contributed by atoms with Crippen LogP contribution in [0.15, 0.2) is 47.4 Å². The third kappa shape index (κ3) is 4.32. The SMILES string of the molecule is Cc1ccc(NC(=O)[C@H]2CCCN(C(=O)[C@@H]3Sc4ccccc4NC3=O)C2)cc1Cl. The van der Waals surface area contributed by atoms with Crippen LogP contribution < -0.4 is 10.6 Å². The van der Waals surface area contributed by atoms with E-state index >= 15 is 0 Å². The molecule has 0 bridgehead atoms. The molecule has 3 amide bonds. The van der Waals surface area contributed by atoms with Gasteiger partial charge in [-0.3, -0.25) is 14.4 Å². The minimum atomic E-state index is -0.836. The first-order chi connectivity index (χ1) is 14.4. The first-order valence-corrected chi connectivity index (χ1v) is 11.1. The summed E-state index contributed by atoms with van der Waals surface area (Å²) in [7, 11) is 0. The highest BCUT2D eigenvalue weighted by molar-refractivity contribution is 8.01. The van der Waals surface area contributed by atoms with E-state index in [1.165, 1.54) is 11.8 Å². The lowest BCUT2D eigenvalue weighted by atomic mass is 9.96. The molecule has 2 atom stereocenters. The van der Waals surface area contributed by atoms with Crippen molar-refractivity contribution in [1.82, 2.24) is 4.90 Å². The maximum Gasteiger partial charge on any atom is 0.247 e. The Bertz CT molecular complexity index is 1010. The summed E-state index contributed by atoms with van der Waals surface area (Å²) in [6.07, 6.45) is 1.41. The zero-order valence-electron chi connectivity index (χ0n) is 16.5. The molecule has 0 unspecified atom stereocenters. The fourth-order valence-electron chi connectivity index (χ4n) is 3.69. The van der Waals surface area contributed by atoms with Crippen molar-refractivity contribution >= 4 is 52.5 Å². The van der Waals surface area contributed by atoms with Gasteiger partial charge in [0.1, 0.15) is 0 Å². The van der Waals surface area contributed by atoms with Gasteiger partial charge >= 0.3 is 0 Å². The quantitative estimate of drug-likeness (QED) is 0.704. The number of hydrogen-bond acceptors (Lipinski definition) is 4. The van der Waals surface area contributed by atoms with Gasteiger partial charge in [-0.25, -0.2) is 0 Å². The predicted octanol–water partition coefficient (Wildman–Crippen LogP) is 3.94. The Balaban J connectivity index is 1.42. The van der Waals surface area contributed by atoms with Crippen molar-refractivity contribution in [2.24, 2.45) is 5.92 Å². The van der Waals surface area contributed by atoms with E-state index < -0.39 is 5.25 Å². The van der Waals surface area contributed by atoms with Gasteiger partial charge in [-0.1, -0.05) is 29.8 Å². The lowest BCUT2D eigenvalue weighted by Gasteiger charge is -2.35. The number of anilines is 2. The highest BCUT2D eigenvalue weighted by Gasteiger charge is 2.38. The van der Waals surface area contributed by atoms with Crippen LogP contribution in [0.25, 0.3) is 0 Å². The average molecular weight is 444 g/mol. The third-order valence-corrected chi connectivity index (χ3v) is 7.06. The minimum Gasteiger partial charge on any atom is -0.340 e. The number of halogens is 1. The number of amides is 3. The van der Waals surface area contributed by atoms with Crippen LogP contribution in [0.3, 0.4) is 0 Å². The molecule has 4 rings (SSSR count). The van der Waals surface area contributed by atoms with E-state index in [0.29, 0.717) is 36.6 Å². The van der Waals surface area contributed by atoms with E-state index in [9.17, 15) is 14.4 Å². The molecule has 2 aromatic rings. The molecule has 2 aliphatic heterocycles. The Labute approximate surface area is 184 Å². The van der Waals surface area contributed by atoms with Gasteiger partial charge < -0.3 is 15.5 Å². The number of fused-ring (bicyclic) bond motifs is 1. The number of hydrogen-bond donors (Lipinski definition) is 2. The molecule has 2 aromatic carbocycles. The van der Waals surface area contributed by atoms with E-state index in [0.717, 1.165) is 16.1 Å². The van der Waals surface area contributed by atoms with Crippen LogP contribution >= 0.6 is 23.4 Å². The molecule has 0 aliphatic carbocycles. The molecule has 0 aromatic heterocycles. The van der Waals surface area contributed by atoms with Crippen LogP contribution in [0.5, 0.6) is 0 Å². The Hall–Kier alpha value is -2.51. The molecular formula is C22H22ClN3O3S. The number of nitrogens with zero attached hydrogens (tertiary/aromatic N) is 1. The van der Waals surface area contributed by atoms with Gasteiger partial charge in [-0.15, -0.1) is 11.8 Å². The molecule has 6 nitrogen and oxygen atoms in total. The second kappa shape index (κ2) is 8.70. The minimum absolute atomic E-state index is 0.140. The summed E-state index contributed by atoms with van der Waals surface area (Å²) >= 11 is 7.40. The molecule has 2 aliphatic rings. The van der Waals surface area contributed by atoms with Crippen molar-refractivity contribution < 1.29 is 14.4 Å². The largest absolute Gasteiger partial charge is 0.340 e. The number of carbonyl (C=O) groups excluding carboxylic acids is 3. The fourth-order valence-corrected chi connectivity index (χ4v) is 4.94. The van der Waals surface area contributed by atoms with Gasteiger partial charge in [-0.05, 0) is 49.6 Å². The normalized spacial score (nSPS) is 20.9. The van der Waals surface area contributed by atoms with E-state index in [4.69, 9.17) is 11.6 Å². The smallest absolute Gasteiger partial charge is 0.247 e. The average Bonchev–Trinajstić information content (AvgIpc) is 2.75. The number of thioether (sulfide) groups is 1. The third-order valence-electron chi connectivity index (χ3n) is 5.40. The molecule has 2 N–H and O–H groups in total. The number of aryl methyl sites for hydroxylation is 1. The Kier molecular flexibility index (Phi) is 6.01. The summed E-state index contributed by atoms with van der Waals surface area (Å²) in [6.45, 7) is 2.75. The van der Waals surface area contributed by atoms with Crippen molar-refractivity contribution in [3.63, 3.8) is 0 Å². The summed E-state index contributed by atoms with van der Waals surface area (Å²) in [4.78, 5) is 40.8. The van der Waals surface area contributed by atoms with E-state index in [-0.39, 0.29) is 23.6 Å². The monoisotopic (exact) mass is 443 g/mol. The summed E-state index contributed by atoms with van der Waals surface area (Å²) in [5.41, 5.74) is 2.30. The number of para-hydroxylation sites is 1. The second-order valence-corrected chi connectivity index (χ2v) is 9.11. The van der Waals surface area contributed by atoms with Crippen molar-refractivity contribution in [3.05, 3.63) is 53.1 Å². The van der Waals surface area contributed by atoms with Crippen LogP contribution in [-0.4, -0.2) is 41.0 Å². The van der Waals surface area contributed by atoms with Crippen molar-refractivity contribution in [3.8, 4) is 0 Å². The van der Waals surface area contributed by atoms with Gasteiger partial charge in [0.05, 0.1) is 11.6 Å². The molecule has 1 saturated heterocycles. The van der Waals surface area contributed by atoms with Gasteiger partial charge in [-0.2, -0.15) is 0 Å². The highest BCUT2D eigenvalue weighted by Crippen LogP contribution is 2.36. The predicted molar refractivity (Wildman–Crippen MR) is 119 cm³/mol. The zero-order valence-corrected chi connectivity index (χ0v) is 18.1. The summed E-state index contributed by atoms with van der Waals surface area (Å²) in [5, 5.41) is 5.46. The topological polar surface area (TPSA) is 78.5 Å². The Morgan fingerprint density at radius 3 is 2.83 bits per heavy atom. The number of nitrogens with one attached hydrogen (secondary N) is 2. The van der Waals surface area contributed by atoms with Crippen LogP contribution in [0.2, 0.25) is 5.02 Å². The summed E-state index contributed by atoms with van der Waals surface area (Å²) < 4.78 is 0. The van der Waals surface area contributed by atoms with E-state index in [2.05, 4.69) is 10.6 Å². The number of rotatable bonds is 3. The number of carbonyl (C=O) groups is 3. The van der Waals surface area contributed by atoms with Crippen molar-refractivity contribution in [2.45, 2.75) is 29.9 Å². The second-order valence-electron chi connectivity index (χ2n) is 7.56. The van der Waals surface area contributed by atoms with Gasteiger partial charge in [0, 0.05) is 28.7 Å². The molecule has 30 heavy (non-hydrogen) atoms. The number of piperidine rings is 1. The van der Waals surface area contributed by atoms with Gasteiger partial charge in [0.25, 0.3) is 0 Å². The molecule has 1 fully saturated rings. The van der Waals surface area contributed by atoms with Gasteiger partial charge in [0.2, 0.25) is 17.7 Å². The molecule has 2 heterocycles. The van der Waals surface area contributed by atoms with Crippen molar-refractivity contribution in [1.29, 1.82) is 0 Å². The Morgan fingerprint density at radius 1 is 1.23 bits per heavy atom. The first kappa shape index (κ1) is 20.8. The molecular weight excluding hydrogens is 422 g/mol. The summed E-state index contributed by atoms with van der Waals surface area (Å²) in [5.74, 6) is -1.03. The molecule has 8 heteroatoms. The standard InChI is InChI=1S/C22H22ClN3O3S/c1-13-8-9-15(11-16(13)23)24-20(27)14-5-4-10-26(12-14)22(29)19-21(28)25-17-6-2-3-7-18(17)30-19/h2-3,6-9,11,14,19H,4-5,10,12H2,1H3,(H,24,27)(H,25,28)/t14-,19+/m0/s1. The van der Waals surface area contributed by atoms with E-state index in [1.807, 2.05) is 43.3 Å². The van der Waals surface area contributed by atoms with Crippen LogP contribution in [-0.2, 0) is 14.4 Å². The Morgan fingerprint density at radius 2 is 2.03 bits per heavy atom. The molecule has 156 valence electrons. The van der Waals surface area contributed by atoms with Crippen LogP contribution in [0.4, 0.5) is 11.4 Å². The fraction of sp³-hybridized carbons (Fsp3) is 0.318. The maximum atomic E-state index is 13.1. The van der Waals surface area contributed by atoms with E-state index in [1.54, 1.807) is 11.0 Å². The van der Waals surface area contributed by atoms with Crippen molar-refractivity contribution in [2.75, 3.05) is 23.7 Å². The molecule has 0 saturated carbocycles.